The second-order valence-electron chi connectivity index (χ2n) is 6.52. The molecule has 1 saturated heterocycles. The van der Waals surface area contributed by atoms with Crippen molar-refractivity contribution >= 4 is 17.7 Å². The molecule has 4 nitrogen and oxygen atoms in total. The summed E-state index contributed by atoms with van der Waals surface area (Å²) >= 11 is 1.61. The number of guanidine groups is 1. The van der Waals surface area contributed by atoms with Gasteiger partial charge < -0.3 is 10.6 Å². The van der Waals surface area contributed by atoms with E-state index in [9.17, 15) is 17.6 Å². The van der Waals surface area contributed by atoms with Crippen LogP contribution >= 0.6 is 11.8 Å². The molecular weight excluding hydrogens is 380 g/mol. The molecule has 1 unspecified atom stereocenters. The maximum atomic E-state index is 13.5. The summed E-state index contributed by atoms with van der Waals surface area (Å²) in [6.45, 7) is 2.81. The Bertz CT molecular complexity index is 636. The fourth-order valence-electron chi connectivity index (χ4n) is 3.06. The minimum Gasteiger partial charge on any atom is -0.357 e. The monoisotopic (exact) mass is 406 g/mol. The molecule has 0 spiro atoms. The quantitative estimate of drug-likeness (QED) is 0.414. The highest BCUT2D eigenvalue weighted by Gasteiger charge is 2.34. The summed E-state index contributed by atoms with van der Waals surface area (Å²) < 4.78 is 51.0. The predicted octanol–water partition coefficient (Wildman–Crippen LogP) is 3.38. The van der Waals surface area contributed by atoms with Crippen LogP contribution in [0.3, 0.4) is 0 Å². The van der Waals surface area contributed by atoms with Gasteiger partial charge in [-0.2, -0.15) is 24.9 Å². The highest BCUT2D eigenvalue weighted by atomic mass is 32.2. The van der Waals surface area contributed by atoms with E-state index in [1.165, 1.54) is 17.0 Å². The first-order valence-corrected chi connectivity index (χ1v) is 10.3. The van der Waals surface area contributed by atoms with Crippen LogP contribution in [-0.4, -0.2) is 55.5 Å². The third-order valence-corrected chi connectivity index (χ3v) is 4.84. The number of halogens is 4. The van der Waals surface area contributed by atoms with E-state index in [1.54, 1.807) is 17.8 Å². The highest BCUT2D eigenvalue weighted by molar-refractivity contribution is 7.97. The summed E-state index contributed by atoms with van der Waals surface area (Å²) in [5, 5.41) is 6.34. The van der Waals surface area contributed by atoms with Gasteiger partial charge in [0.15, 0.2) is 5.96 Å². The number of aliphatic imine (C=N–C) groups is 1. The molecule has 1 aliphatic rings. The molecule has 0 aromatic heterocycles. The van der Waals surface area contributed by atoms with Gasteiger partial charge in [-0.15, -0.1) is 0 Å². The number of nitrogens with zero attached hydrogens (tertiary/aromatic N) is 2. The van der Waals surface area contributed by atoms with Crippen LogP contribution in [0.2, 0.25) is 0 Å². The van der Waals surface area contributed by atoms with E-state index < -0.39 is 12.7 Å². The lowest BCUT2D eigenvalue weighted by molar-refractivity contribution is -0.143. The van der Waals surface area contributed by atoms with Crippen LogP contribution in [-0.2, 0) is 12.3 Å². The molecular formula is C18H26F4N4S. The standard InChI is InChI=1S/C18H26F4N4S/c1-3-23-17(25-16-6-7-26(10-16)12-18(20,21)22)24-9-13-4-5-15(19)8-14(13)11-27-2/h4-5,8,16H,3,6-7,9-12H2,1-2H3,(H2,23,24,25). The fraction of sp³-hybridized carbons (Fsp3) is 0.611. The lowest BCUT2D eigenvalue weighted by Crippen LogP contribution is -2.45. The summed E-state index contributed by atoms with van der Waals surface area (Å²) in [4.78, 5) is 5.94. The second-order valence-corrected chi connectivity index (χ2v) is 7.39. The molecule has 2 N–H and O–H groups in total. The van der Waals surface area contributed by atoms with Crippen molar-refractivity contribution in [1.82, 2.24) is 15.5 Å². The van der Waals surface area contributed by atoms with Crippen LogP contribution in [0.1, 0.15) is 24.5 Å². The van der Waals surface area contributed by atoms with Crippen molar-refractivity contribution in [3.63, 3.8) is 0 Å². The number of hydrogen-bond donors (Lipinski definition) is 2. The maximum absolute atomic E-state index is 13.5. The first-order chi connectivity index (χ1) is 12.8. The van der Waals surface area contributed by atoms with Crippen LogP contribution in [0.15, 0.2) is 23.2 Å². The van der Waals surface area contributed by atoms with Gasteiger partial charge in [-0.25, -0.2) is 9.38 Å². The van der Waals surface area contributed by atoms with Gasteiger partial charge in [0.05, 0.1) is 13.1 Å². The van der Waals surface area contributed by atoms with Crippen LogP contribution < -0.4 is 10.6 Å². The van der Waals surface area contributed by atoms with Crippen LogP contribution in [0, 0.1) is 5.82 Å². The van der Waals surface area contributed by atoms with Gasteiger partial charge in [0.2, 0.25) is 0 Å². The minimum absolute atomic E-state index is 0.0796. The Balaban J connectivity index is 1.99. The third-order valence-electron chi connectivity index (χ3n) is 4.24. The topological polar surface area (TPSA) is 39.7 Å². The van der Waals surface area contributed by atoms with E-state index >= 15 is 0 Å². The molecule has 1 aliphatic heterocycles. The second kappa shape index (κ2) is 10.2. The van der Waals surface area contributed by atoms with Crippen molar-refractivity contribution in [3.8, 4) is 0 Å². The smallest absolute Gasteiger partial charge is 0.357 e. The molecule has 1 aromatic rings. The van der Waals surface area contributed by atoms with E-state index in [-0.39, 0.29) is 11.9 Å². The third kappa shape index (κ3) is 7.57. The Morgan fingerprint density at radius 1 is 1.33 bits per heavy atom. The van der Waals surface area contributed by atoms with Crippen LogP contribution in [0.4, 0.5) is 17.6 Å². The average Bonchev–Trinajstić information content (AvgIpc) is 2.99. The minimum atomic E-state index is -4.18. The van der Waals surface area contributed by atoms with Crippen molar-refractivity contribution < 1.29 is 17.6 Å². The Labute approximate surface area is 161 Å². The van der Waals surface area contributed by atoms with Crippen molar-refractivity contribution in [3.05, 3.63) is 35.1 Å². The first kappa shape index (κ1) is 21.8. The van der Waals surface area contributed by atoms with E-state index in [0.29, 0.717) is 44.3 Å². The van der Waals surface area contributed by atoms with E-state index in [4.69, 9.17) is 0 Å². The van der Waals surface area contributed by atoms with Crippen molar-refractivity contribution in [2.45, 2.75) is 37.9 Å². The van der Waals surface area contributed by atoms with Gasteiger partial charge in [0.25, 0.3) is 0 Å². The Hall–Kier alpha value is -1.48. The molecule has 2 rings (SSSR count). The first-order valence-electron chi connectivity index (χ1n) is 8.91. The van der Waals surface area contributed by atoms with Crippen LogP contribution in [0.5, 0.6) is 0 Å². The number of thioether (sulfide) groups is 1. The normalized spacial score (nSPS) is 18.7. The molecule has 1 fully saturated rings. The van der Waals surface area contributed by atoms with E-state index in [1.807, 2.05) is 13.2 Å². The number of alkyl halides is 3. The molecule has 27 heavy (non-hydrogen) atoms. The maximum Gasteiger partial charge on any atom is 0.401 e. The number of benzene rings is 1. The average molecular weight is 406 g/mol. The number of hydrogen-bond acceptors (Lipinski definition) is 3. The Kier molecular flexibility index (Phi) is 8.22. The zero-order chi connectivity index (χ0) is 19.9. The lowest BCUT2D eigenvalue weighted by atomic mass is 10.1. The van der Waals surface area contributed by atoms with E-state index in [2.05, 4.69) is 15.6 Å². The number of likely N-dealkylation sites (tertiary alicyclic amines) is 1. The highest BCUT2D eigenvalue weighted by Crippen LogP contribution is 2.20. The van der Waals surface area contributed by atoms with Gasteiger partial charge in [-0.1, -0.05) is 6.07 Å². The van der Waals surface area contributed by atoms with E-state index in [0.717, 1.165) is 11.1 Å². The Morgan fingerprint density at radius 2 is 2.11 bits per heavy atom. The van der Waals surface area contributed by atoms with Crippen molar-refractivity contribution in [1.29, 1.82) is 0 Å². The summed E-state index contributed by atoms with van der Waals surface area (Å²) in [5.41, 5.74) is 1.84. The van der Waals surface area contributed by atoms with Gasteiger partial charge in [-0.3, -0.25) is 4.90 Å². The van der Waals surface area contributed by atoms with Crippen molar-refractivity contribution in [2.24, 2.45) is 4.99 Å². The molecule has 9 heteroatoms. The summed E-state index contributed by atoms with van der Waals surface area (Å²) in [6, 6.07) is 4.59. The molecule has 1 aromatic carbocycles. The van der Waals surface area contributed by atoms with Crippen molar-refractivity contribution in [2.75, 3.05) is 32.4 Å². The number of nitrogens with one attached hydrogen (secondary N) is 2. The fourth-order valence-corrected chi connectivity index (χ4v) is 3.64. The SMILES string of the molecule is CCNC(=NCc1ccc(F)cc1CSC)NC1CCN(CC(F)(F)F)C1. The summed E-state index contributed by atoms with van der Waals surface area (Å²) in [7, 11) is 0. The van der Waals surface area contributed by atoms with Gasteiger partial charge >= 0.3 is 6.18 Å². The molecule has 1 heterocycles. The predicted molar refractivity (Wildman–Crippen MR) is 102 cm³/mol. The van der Waals surface area contributed by atoms with Gasteiger partial charge in [0, 0.05) is 31.4 Å². The zero-order valence-electron chi connectivity index (χ0n) is 15.6. The largest absolute Gasteiger partial charge is 0.401 e. The summed E-state index contributed by atoms with van der Waals surface area (Å²) in [6.07, 6.45) is -1.59. The number of rotatable bonds is 7. The zero-order valence-corrected chi connectivity index (χ0v) is 16.4. The molecule has 0 bridgehead atoms. The molecule has 152 valence electrons. The molecule has 0 radical (unpaired) electrons. The molecule has 0 amide bonds. The van der Waals surface area contributed by atoms with Gasteiger partial charge in [0.1, 0.15) is 5.82 Å². The Morgan fingerprint density at radius 3 is 2.78 bits per heavy atom. The summed E-state index contributed by atoms with van der Waals surface area (Å²) in [5.74, 6) is 0.991. The molecule has 0 aliphatic carbocycles. The lowest BCUT2D eigenvalue weighted by Gasteiger charge is -2.20. The molecule has 0 saturated carbocycles. The van der Waals surface area contributed by atoms with Gasteiger partial charge in [-0.05, 0) is 42.9 Å². The molecule has 1 atom stereocenters. The van der Waals surface area contributed by atoms with Crippen LogP contribution in [0.25, 0.3) is 0 Å².